The molecular formula is C6H19O27P7. The molecule has 0 spiro atoms. The Bertz CT molecular complexity index is 1160. The van der Waals surface area contributed by atoms with Gasteiger partial charge in [0, 0.05) is 0 Å². The molecule has 0 amide bonds. The van der Waals surface area contributed by atoms with E-state index in [2.05, 4.69) is 31.5 Å². The fourth-order valence-electron chi connectivity index (χ4n) is 2.94. The summed E-state index contributed by atoms with van der Waals surface area (Å²) >= 11 is 0. The second kappa shape index (κ2) is 13.0. The van der Waals surface area contributed by atoms with Crippen LogP contribution in [0.15, 0.2) is 0 Å². The number of hydrogen-bond acceptors (Lipinski definition) is 14. The first-order valence-electron chi connectivity index (χ1n) is 8.75. The molecule has 240 valence electrons. The molecule has 0 saturated heterocycles. The molecule has 0 aliphatic heterocycles. The van der Waals surface area contributed by atoms with Crippen LogP contribution in [0.4, 0.5) is 0 Å². The van der Waals surface area contributed by atoms with E-state index in [4.69, 9.17) is 9.79 Å². The lowest BCUT2D eigenvalue weighted by molar-refractivity contribution is -0.201. The molecule has 0 aromatic rings. The molecule has 1 aliphatic rings. The standard InChI is InChI=1S/C6H19O27P7/c7-34(8,9)27-1-2(28-35(10,11)12)4(30-37(16,17)18)6(32-40(25,26)33-39(22,23)24)5(31-38(19,20)21)3(1)29-36(13,14)15/h1-6H,(H,25,26)(H2,7,8,9)(H2,10,11,12)(H2,13,14,15)(H2,16,17,18)(H2,19,20,21)(H2,22,23,24)/t1?,2-,3-,4-,5+,6?/m0/s1/i39+1. The van der Waals surface area contributed by atoms with Crippen molar-refractivity contribution in [3.05, 3.63) is 0 Å². The second-order valence-electron chi connectivity index (χ2n) is 6.91. The zero-order valence-corrected chi connectivity index (χ0v) is 24.4. The zero-order chi connectivity index (χ0) is 31.9. The van der Waals surface area contributed by atoms with Crippen LogP contribution in [0.3, 0.4) is 0 Å². The Hall–Kier alpha value is 0.810. The maximum Gasteiger partial charge on any atom is 0.481 e. The van der Waals surface area contributed by atoms with Crippen LogP contribution >= 0.6 is 54.8 Å². The van der Waals surface area contributed by atoms with Crippen LogP contribution in [0.2, 0.25) is 0 Å². The lowest BCUT2D eigenvalue weighted by Crippen LogP contribution is -2.66. The summed E-state index contributed by atoms with van der Waals surface area (Å²) in [6.07, 6.45) is -19.9. The summed E-state index contributed by atoms with van der Waals surface area (Å²) in [5, 5.41) is 0. The molecule has 1 fully saturated rings. The minimum atomic E-state index is -6.43. The summed E-state index contributed by atoms with van der Waals surface area (Å²) in [5.74, 6) is 0. The maximum absolute atomic E-state index is 12.2. The summed E-state index contributed by atoms with van der Waals surface area (Å²) in [6.45, 7) is 0. The largest absolute Gasteiger partial charge is 0.481 e. The van der Waals surface area contributed by atoms with E-state index in [0.29, 0.717) is 0 Å². The molecule has 40 heavy (non-hydrogen) atoms. The van der Waals surface area contributed by atoms with Crippen LogP contribution in [-0.4, -0.2) is 100 Å². The molecule has 0 aromatic carbocycles. The van der Waals surface area contributed by atoms with Crippen molar-refractivity contribution >= 4 is 54.8 Å². The van der Waals surface area contributed by atoms with Crippen molar-refractivity contribution in [2.24, 2.45) is 0 Å². The summed E-state index contributed by atoms with van der Waals surface area (Å²) in [7, 11) is -43.3. The summed E-state index contributed by atoms with van der Waals surface area (Å²) in [4.78, 5) is 119. The van der Waals surface area contributed by atoms with Crippen molar-refractivity contribution in [2.75, 3.05) is 0 Å². The average molecular weight is 741 g/mol. The van der Waals surface area contributed by atoms with Crippen molar-refractivity contribution in [2.45, 2.75) is 36.6 Å². The van der Waals surface area contributed by atoms with E-state index in [0.717, 1.165) is 0 Å². The molecule has 0 bridgehead atoms. The molecule has 1 saturated carbocycles. The van der Waals surface area contributed by atoms with Gasteiger partial charge in [-0.15, -0.1) is 0 Å². The number of phosphoric ester groups is 6. The highest BCUT2D eigenvalue weighted by Gasteiger charge is 2.63. The van der Waals surface area contributed by atoms with Gasteiger partial charge in [0.15, 0.2) is 0 Å². The summed E-state index contributed by atoms with van der Waals surface area (Å²) < 4.78 is 109. The van der Waals surface area contributed by atoms with E-state index in [1.165, 1.54) is 0 Å². The Morgan fingerprint density at radius 1 is 0.300 bits per heavy atom. The fourth-order valence-corrected chi connectivity index (χ4v) is 7.50. The zero-order valence-electron chi connectivity index (χ0n) is 18.1. The Morgan fingerprint density at radius 3 is 0.625 bits per heavy atom. The first kappa shape index (κ1) is 38.8. The van der Waals surface area contributed by atoms with Gasteiger partial charge in [-0.25, -0.2) is 32.0 Å². The van der Waals surface area contributed by atoms with Crippen LogP contribution in [0.25, 0.3) is 0 Å². The highest BCUT2D eigenvalue weighted by Crippen LogP contribution is 2.62. The highest BCUT2D eigenvalue weighted by atomic mass is 32.2. The Kier molecular flexibility index (Phi) is 12.7. The minimum absolute atomic E-state index is 3.27. The van der Waals surface area contributed by atoms with Gasteiger partial charge in [0.1, 0.15) is 36.6 Å². The predicted molar refractivity (Wildman–Crippen MR) is 112 cm³/mol. The van der Waals surface area contributed by atoms with Crippen LogP contribution in [0, 0.1) is 0 Å². The van der Waals surface area contributed by atoms with E-state index < -0.39 is 91.4 Å². The fraction of sp³-hybridized carbons (Fsp3) is 1.00. The first-order valence-corrected chi connectivity index (χ1v) is 19.4. The minimum Gasteiger partial charge on any atom is -0.303 e. The normalized spacial score (nSPS) is 29.2. The summed E-state index contributed by atoms with van der Waals surface area (Å²) in [6, 6.07) is 0. The van der Waals surface area contributed by atoms with E-state index in [1.807, 2.05) is 0 Å². The van der Waals surface area contributed by atoms with Gasteiger partial charge in [0.2, 0.25) is 0 Å². The van der Waals surface area contributed by atoms with Crippen molar-refractivity contribution < 1.29 is 127 Å². The lowest BCUT2D eigenvalue weighted by Gasteiger charge is -2.48. The molecule has 34 heteroatoms. The lowest BCUT2D eigenvalue weighted by atomic mass is 9.85. The van der Waals surface area contributed by atoms with Crippen LogP contribution in [0.1, 0.15) is 0 Å². The SMILES string of the molecule is O=P(O)(O)OC1[C@H](OP(=O)(O)O)[C@H](OP(=O)(O)O)C(OP(=O)(O)O[32P](=O)(O)O)[C@H](OP(=O)(O)O)[C@H]1OP(=O)(O)O. The van der Waals surface area contributed by atoms with E-state index in [-0.39, 0.29) is 0 Å². The molecule has 0 heterocycles. The van der Waals surface area contributed by atoms with Gasteiger partial charge < -0.3 is 63.6 Å². The van der Waals surface area contributed by atoms with Gasteiger partial charge in [-0.3, -0.25) is 27.1 Å². The molecule has 13 N–H and O–H groups in total. The topological polar surface area (TPSA) is 447 Å². The number of rotatable bonds is 14. The van der Waals surface area contributed by atoms with E-state index in [9.17, 15) is 85.8 Å². The van der Waals surface area contributed by atoms with Gasteiger partial charge in [-0.2, -0.15) is 4.31 Å². The van der Waals surface area contributed by atoms with Gasteiger partial charge in [0.25, 0.3) is 0 Å². The second-order valence-corrected chi connectivity index (χ2v) is 15.7. The Balaban J connectivity index is 4.13. The van der Waals surface area contributed by atoms with Gasteiger partial charge in [0.05, 0.1) is 0 Å². The van der Waals surface area contributed by atoms with E-state index in [1.54, 1.807) is 0 Å². The molecule has 0 radical (unpaired) electrons. The molecule has 7 atom stereocenters. The highest BCUT2D eigenvalue weighted by molar-refractivity contribution is 7.60. The molecular weight excluding hydrogens is 722 g/mol. The number of hydrogen-bond donors (Lipinski definition) is 13. The van der Waals surface area contributed by atoms with Crippen LogP contribution < -0.4 is 0 Å². The molecule has 1 aliphatic carbocycles. The Labute approximate surface area is 219 Å². The third-order valence-corrected chi connectivity index (χ3v) is 8.48. The van der Waals surface area contributed by atoms with Crippen LogP contribution in [-0.2, 0) is 63.4 Å². The molecule has 0 aromatic heterocycles. The Morgan fingerprint density at radius 2 is 0.475 bits per heavy atom. The van der Waals surface area contributed by atoms with Crippen molar-refractivity contribution in [1.29, 1.82) is 0 Å². The summed E-state index contributed by atoms with van der Waals surface area (Å²) in [5.41, 5.74) is 0. The van der Waals surface area contributed by atoms with Gasteiger partial charge in [-0.1, -0.05) is 0 Å². The van der Waals surface area contributed by atoms with Crippen molar-refractivity contribution in [3.8, 4) is 0 Å². The van der Waals surface area contributed by atoms with Crippen molar-refractivity contribution in [1.82, 2.24) is 0 Å². The van der Waals surface area contributed by atoms with Gasteiger partial charge >= 0.3 is 54.8 Å². The third kappa shape index (κ3) is 15.0. The average Bonchev–Trinajstić information content (AvgIpc) is 2.57. The third-order valence-electron chi connectivity index (χ3n) is 3.70. The first-order chi connectivity index (χ1) is 17.3. The van der Waals surface area contributed by atoms with Crippen molar-refractivity contribution in [3.63, 3.8) is 0 Å². The smallest absolute Gasteiger partial charge is 0.303 e. The van der Waals surface area contributed by atoms with Gasteiger partial charge in [-0.05, 0) is 0 Å². The molecule has 27 nitrogen and oxygen atoms in total. The molecule has 3 unspecified atom stereocenters. The molecule has 1 rings (SSSR count). The predicted octanol–water partition coefficient (Wildman–Crippen LogP) is -3.02. The van der Waals surface area contributed by atoms with E-state index >= 15 is 0 Å². The quantitative estimate of drug-likeness (QED) is 0.0788. The van der Waals surface area contributed by atoms with Crippen LogP contribution in [0.5, 0.6) is 0 Å². The maximum atomic E-state index is 12.2. The number of phosphoric acid groups is 7. The monoisotopic (exact) mass is 741 g/mol.